The van der Waals surface area contributed by atoms with Gasteiger partial charge in [-0.25, -0.2) is 9.97 Å². The molecule has 5 heteroatoms. The predicted octanol–water partition coefficient (Wildman–Crippen LogP) is 2.89. The fourth-order valence-electron chi connectivity index (χ4n) is 1.40. The van der Waals surface area contributed by atoms with Crippen molar-refractivity contribution in [3.05, 3.63) is 46.7 Å². The standard InChI is InChI=1S/C12H12BrN3S/c13-10-4-2-8-16-12(10)17-11-9(5-6-14)3-1-7-15-11/h1-4,7-8H,5-6,14H2. The van der Waals surface area contributed by atoms with E-state index in [4.69, 9.17) is 5.73 Å². The zero-order valence-corrected chi connectivity index (χ0v) is 11.5. The highest BCUT2D eigenvalue weighted by atomic mass is 79.9. The molecule has 0 aliphatic carbocycles. The molecule has 0 atom stereocenters. The smallest absolute Gasteiger partial charge is 0.116 e. The summed E-state index contributed by atoms with van der Waals surface area (Å²) in [6, 6.07) is 7.86. The maximum absolute atomic E-state index is 5.59. The molecule has 0 amide bonds. The number of hydrogen-bond donors (Lipinski definition) is 1. The van der Waals surface area contributed by atoms with Crippen LogP contribution in [0.3, 0.4) is 0 Å². The minimum absolute atomic E-state index is 0.628. The number of rotatable bonds is 4. The van der Waals surface area contributed by atoms with Crippen LogP contribution >= 0.6 is 27.7 Å². The molecule has 0 spiro atoms. The van der Waals surface area contributed by atoms with Crippen LogP contribution in [0.2, 0.25) is 0 Å². The van der Waals surface area contributed by atoms with Crippen molar-refractivity contribution in [3.63, 3.8) is 0 Å². The van der Waals surface area contributed by atoms with Gasteiger partial charge in [-0.2, -0.15) is 0 Å². The molecule has 0 aliphatic rings. The van der Waals surface area contributed by atoms with Crippen molar-refractivity contribution >= 4 is 27.7 Å². The summed E-state index contributed by atoms with van der Waals surface area (Å²) in [6.07, 6.45) is 4.40. The molecule has 0 saturated carbocycles. The van der Waals surface area contributed by atoms with Gasteiger partial charge in [0.25, 0.3) is 0 Å². The molecule has 17 heavy (non-hydrogen) atoms. The summed E-state index contributed by atoms with van der Waals surface area (Å²) in [4.78, 5) is 8.70. The highest BCUT2D eigenvalue weighted by Crippen LogP contribution is 2.31. The largest absolute Gasteiger partial charge is 0.330 e. The Labute approximate surface area is 113 Å². The molecule has 0 radical (unpaired) electrons. The van der Waals surface area contributed by atoms with Gasteiger partial charge in [-0.15, -0.1) is 0 Å². The summed E-state index contributed by atoms with van der Waals surface area (Å²) < 4.78 is 0.981. The number of pyridine rings is 2. The molecule has 0 bridgehead atoms. The summed E-state index contributed by atoms with van der Waals surface area (Å²) in [5.74, 6) is 0. The van der Waals surface area contributed by atoms with Crippen LogP contribution in [-0.4, -0.2) is 16.5 Å². The lowest BCUT2D eigenvalue weighted by molar-refractivity contribution is 0.909. The minimum atomic E-state index is 0.628. The third kappa shape index (κ3) is 3.28. The van der Waals surface area contributed by atoms with E-state index in [-0.39, 0.29) is 0 Å². The Hall–Kier alpha value is -0.910. The van der Waals surface area contributed by atoms with Crippen LogP contribution in [0.5, 0.6) is 0 Å². The summed E-state index contributed by atoms with van der Waals surface area (Å²) in [5.41, 5.74) is 6.76. The van der Waals surface area contributed by atoms with Crippen LogP contribution < -0.4 is 5.73 Å². The molecular formula is C12H12BrN3S. The van der Waals surface area contributed by atoms with E-state index in [2.05, 4.69) is 32.0 Å². The highest BCUT2D eigenvalue weighted by molar-refractivity contribution is 9.10. The van der Waals surface area contributed by atoms with E-state index >= 15 is 0 Å². The molecule has 0 unspecified atom stereocenters. The van der Waals surface area contributed by atoms with Crippen molar-refractivity contribution in [2.75, 3.05) is 6.54 Å². The van der Waals surface area contributed by atoms with Gasteiger partial charge in [-0.05, 0) is 64.4 Å². The van der Waals surface area contributed by atoms with E-state index < -0.39 is 0 Å². The average molecular weight is 310 g/mol. The zero-order chi connectivity index (χ0) is 12.1. The van der Waals surface area contributed by atoms with Crippen molar-refractivity contribution in [2.24, 2.45) is 5.73 Å². The molecule has 0 saturated heterocycles. The van der Waals surface area contributed by atoms with Gasteiger partial charge in [0.05, 0.1) is 4.47 Å². The summed E-state index contributed by atoms with van der Waals surface area (Å²) in [7, 11) is 0. The fraction of sp³-hybridized carbons (Fsp3) is 0.167. The summed E-state index contributed by atoms with van der Waals surface area (Å²) in [6.45, 7) is 0.628. The van der Waals surface area contributed by atoms with Crippen LogP contribution in [0.1, 0.15) is 5.56 Å². The molecule has 0 aromatic carbocycles. The van der Waals surface area contributed by atoms with Crippen LogP contribution in [0, 0.1) is 0 Å². The lowest BCUT2D eigenvalue weighted by Gasteiger charge is -2.07. The molecule has 2 heterocycles. The number of hydrogen-bond acceptors (Lipinski definition) is 4. The Bertz CT molecular complexity index is 505. The fourth-order valence-corrected chi connectivity index (χ4v) is 2.77. The SMILES string of the molecule is NCCc1cccnc1Sc1ncccc1Br. The first-order valence-corrected chi connectivity index (χ1v) is 6.84. The molecule has 2 N–H and O–H groups in total. The highest BCUT2D eigenvalue weighted by Gasteiger charge is 2.08. The van der Waals surface area contributed by atoms with Crippen molar-refractivity contribution in [1.29, 1.82) is 0 Å². The van der Waals surface area contributed by atoms with E-state index in [9.17, 15) is 0 Å². The first kappa shape index (κ1) is 12.5. The van der Waals surface area contributed by atoms with Crippen LogP contribution in [-0.2, 0) is 6.42 Å². The maximum atomic E-state index is 5.59. The van der Waals surface area contributed by atoms with Gasteiger partial charge < -0.3 is 5.73 Å². The summed E-state index contributed by atoms with van der Waals surface area (Å²) >= 11 is 5.04. The monoisotopic (exact) mass is 309 g/mol. The molecule has 0 fully saturated rings. The predicted molar refractivity (Wildman–Crippen MR) is 73.1 cm³/mol. The normalized spacial score (nSPS) is 10.5. The zero-order valence-electron chi connectivity index (χ0n) is 9.14. The van der Waals surface area contributed by atoms with E-state index in [1.807, 2.05) is 18.2 Å². The van der Waals surface area contributed by atoms with Crippen molar-refractivity contribution < 1.29 is 0 Å². The van der Waals surface area contributed by atoms with Crippen LogP contribution in [0.15, 0.2) is 51.2 Å². The quantitative estimate of drug-likeness (QED) is 0.943. The first-order chi connectivity index (χ1) is 8.31. The Kier molecular flexibility index (Phi) is 4.53. The van der Waals surface area contributed by atoms with Gasteiger partial charge in [-0.1, -0.05) is 6.07 Å². The topological polar surface area (TPSA) is 51.8 Å². The molecular weight excluding hydrogens is 298 g/mol. The van der Waals surface area contributed by atoms with Crippen LogP contribution in [0.25, 0.3) is 0 Å². The van der Waals surface area contributed by atoms with Gasteiger partial charge in [0.2, 0.25) is 0 Å². The Morgan fingerprint density at radius 3 is 2.53 bits per heavy atom. The lowest BCUT2D eigenvalue weighted by atomic mass is 10.2. The Balaban J connectivity index is 2.27. The van der Waals surface area contributed by atoms with Gasteiger partial charge in [-0.3, -0.25) is 0 Å². The van der Waals surface area contributed by atoms with E-state index in [0.29, 0.717) is 6.54 Å². The van der Waals surface area contributed by atoms with Crippen molar-refractivity contribution in [1.82, 2.24) is 9.97 Å². The number of nitrogens with zero attached hydrogens (tertiary/aromatic N) is 2. The molecule has 2 aromatic rings. The van der Waals surface area contributed by atoms with Gasteiger partial charge >= 0.3 is 0 Å². The Morgan fingerprint density at radius 1 is 1.12 bits per heavy atom. The number of aromatic nitrogens is 2. The molecule has 88 valence electrons. The van der Waals surface area contributed by atoms with Gasteiger partial charge in [0.1, 0.15) is 10.1 Å². The van der Waals surface area contributed by atoms with E-state index in [1.54, 1.807) is 24.2 Å². The van der Waals surface area contributed by atoms with Crippen molar-refractivity contribution in [3.8, 4) is 0 Å². The molecule has 2 rings (SSSR count). The summed E-state index contributed by atoms with van der Waals surface area (Å²) in [5, 5.41) is 1.89. The number of halogens is 1. The third-order valence-electron chi connectivity index (χ3n) is 2.18. The second-order valence-corrected chi connectivity index (χ2v) is 5.23. The Morgan fingerprint density at radius 2 is 1.82 bits per heavy atom. The van der Waals surface area contributed by atoms with Gasteiger partial charge in [0.15, 0.2) is 0 Å². The average Bonchev–Trinajstić information content (AvgIpc) is 2.35. The molecule has 2 aromatic heterocycles. The van der Waals surface area contributed by atoms with E-state index in [1.165, 1.54) is 0 Å². The van der Waals surface area contributed by atoms with Crippen molar-refractivity contribution in [2.45, 2.75) is 16.5 Å². The molecule has 0 aliphatic heterocycles. The van der Waals surface area contributed by atoms with E-state index in [0.717, 1.165) is 26.5 Å². The first-order valence-electron chi connectivity index (χ1n) is 5.23. The third-order valence-corrected chi connectivity index (χ3v) is 4.16. The lowest BCUT2D eigenvalue weighted by Crippen LogP contribution is -2.04. The molecule has 3 nitrogen and oxygen atoms in total. The maximum Gasteiger partial charge on any atom is 0.116 e. The number of nitrogens with two attached hydrogens (primary N) is 1. The second-order valence-electron chi connectivity index (χ2n) is 3.40. The van der Waals surface area contributed by atoms with Gasteiger partial charge in [0, 0.05) is 12.4 Å². The second kappa shape index (κ2) is 6.14. The minimum Gasteiger partial charge on any atom is -0.330 e. The van der Waals surface area contributed by atoms with Crippen LogP contribution in [0.4, 0.5) is 0 Å².